The minimum atomic E-state index is -1.98. The van der Waals surface area contributed by atoms with Crippen molar-refractivity contribution in [2.24, 2.45) is 0 Å². The van der Waals surface area contributed by atoms with Crippen molar-refractivity contribution in [3.8, 4) is 17.1 Å². The number of aromatic nitrogens is 6. The molecule has 13 rings (SSSR count). The molecule has 0 spiro atoms. The molecule has 18 nitrogen and oxygen atoms in total. The van der Waals surface area contributed by atoms with Gasteiger partial charge in [-0.15, -0.1) is 0 Å². The number of piperidine rings is 2. The Balaban J connectivity index is 0.831. The topological polar surface area (TPSA) is 221 Å². The van der Waals surface area contributed by atoms with Crippen molar-refractivity contribution in [3.63, 3.8) is 0 Å². The first-order valence-corrected chi connectivity index (χ1v) is 30.6. The first-order chi connectivity index (χ1) is 41.5. The Hall–Kier alpha value is -8.51. The number of cyclic esters (lactones) is 1. The Bertz CT molecular complexity index is 4230. The number of benzene rings is 1. The quantitative estimate of drug-likeness (QED) is 0.0699. The molecule has 0 saturated carbocycles. The Labute approximate surface area is 498 Å². The molecule has 0 radical (unpaired) electrons. The zero-order valence-corrected chi connectivity index (χ0v) is 50.2. The fourth-order valence-electron chi connectivity index (χ4n) is 15.0. The van der Waals surface area contributed by atoms with Gasteiger partial charge in [-0.25, -0.2) is 19.6 Å². The van der Waals surface area contributed by atoms with Gasteiger partial charge < -0.3 is 43.3 Å². The number of Topliss-reactive ketones (excluding diaryl/α,β-unsaturated/α-hetero) is 1. The highest BCUT2D eigenvalue weighted by Gasteiger charge is 2.51. The van der Waals surface area contributed by atoms with Gasteiger partial charge in [0, 0.05) is 92.8 Å². The van der Waals surface area contributed by atoms with Crippen molar-refractivity contribution in [2.75, 3.05) is 33.3 Å². The molecule has 1 amide bonds. The Morgan fingerprint density at radius 1 is 0.860 bits per heavy atom. The lowest BCUT2D eigenvalue weighted by Gasteiger charge is -2.39. The second-order valence-electron chi connectivity index (χ2n) is 24.1. The van der Waals surface area contributed by atoms with Crippen molar-refractivity contribution >= 4 is 80.0 Å². The van der Waals surface area contributed by atoms with Crippen LogP contribution in [0.5, 0.6) is 5.75 Å². The zero-order valence-electron chi connectivity index (χ0n) is 50.2. The molecular formula is C68H72N8O10. The lowest BCUT2D eigenvalue weighted by molar-refractivity contribution is -0.189. The van der Waals surface area contributed by atoms with Crippen LogP contribution in [0, 0.1) is 13.8 Å². The van der Waals surface area contributed by atoms with Crippen LogP contribution in [-0.4, -0.2) is 108 Å². The van der Waals surface area contributed by atoms with E-state index in [1.165, 1.54) is 26.4 Å². The van der Waals surface area contributed by atoms with E-state index in [-0.39, 0.29) is 61.1 Å². The number of likely N-dealkylation sites (tertiary alicyclic amines) is 2. The number of hydrogen-bond acceptors (Lipinski definition) is 14. The van der Waals surface area contributed by atoms with Crippen molar-refractivity contribution < 1.29 is 42.9 Å². The van der Waals surface area contributed by atoms with Crippen LogP contribution < -0.4 is 10.3 Å². The number of aryl methyl sites for hydroxylation is 3. The number of carbonyl (C=O) groups is 5. The third kappa shape index (κ3) is 8.94. The summed E-state index contributed by atoms with van der Waals surface area (Å²) in [7, 11) is 1.26. The molecule has 18 heteroatoms. The van der Waals surface area contributed by atoms with Crippen molar-refractivity contribution in [1.82, 2.24) is 39.3 Å². The van der Waals surface area contributed by atoms with Crippen LogP contribution in [0.15, 0.2) is 53.8 Å². The molecule has 2 N–H and O–H groups in total. The number of esters is 3. The van der Waals surface area contributed by atoms with E-state index in [9.17, 15) is 28.8 Å². The number of fused-ring (bicyclic) bond motifs is 13. The molecule has 6 aromatic rings. The van der Waals surface area contributed by atoms with Crippen molar-refractivity contribution in [2.45, 2.75) is 155 Å². The van der Waals surface area contributed by atoms with Crippen LogP contribution in [0.4, 0.5) is 4.79 Å². The van der Waals surface area contributed by atoms with Crippen LogP contribution in [0.3, 0.4) is 0 Å². The number of H-pyrrole nitrogens is 2. The number of ether oxygens (including phenoxy) is 4. The second-order valence-corrected chi connectivity index (χ2v) is 24.1. The highest BCUT2D eigenvalue weighted by molar-refractivity contribution is 6.23. The number of aromatic amines is 2. The minimum Gasteiger partial charge on any atom is -0.468 e. The van der Waals surface area contributed by atoms with Gasteiger partial charge in [0.2, 0.25) is 5.60 Å². The molecular weight excluding hydrogens is 1090 g/mol. The summed E-state index contributed by atoms with van der Waals surface area (Å²) in [6, 6.07) is 13.6. The molecule has 1 aromatic carbocycles. The number of ketones is 1. The fourth-order valence-corrected chi connectivity index (χ4v) is 15.0. The van der Waals surface area contributed by atoms with E-state index in [1.54, 1.807) is 28.5 Å². The lowest BCUT2D eigenvalue weighted by Crippen LogP contribution is -2.48. The molecule has 5 aromatic heterocycles. The summed E-state index contributed by atoms with van der Waals surface area (Å²) in [4.78, 5) is 113. The fraction of sp³-hybridized carbons (Fsp3) is 0.426. The Morgan fingerprint density at radius 3 is 2.34 bits per heavy atom. The van der Waals surface area contributed by atoms with Crippen LogP contribution in [-0.2, 0) is 53.8 Å². The molecule has 8 bridgehead atoms. The van der Waals surface area contributed by atoms with Crippen LogP contribution >= 0.6 is 0 Å². The van der Waals surface area contributed by atoms with E-state index in [2.05, 4.69) is 35.3 Å². The third-order valence-electron chi connectivity index (χ3n) is 19.8. The number of hydrogen-bond donors (Lipinski definition) is 2. The highest BCUT2D eigenvalue weighted by atomic mass is 16.6. The van der Waals surface area contributed by atoms with Gasteiger partial charge in [-0.1, -0.05) is 46.8 Å². The highest BCUT2D eigenvalue weighted by Crippen LogP contribution is 2.49. The first kappa shape index (κ1) is 56.6. The molecule has 6 aliphatic heterocycles. The van der Waals surface area contributed by atoms with E-state index in [0.29, 0.717) is 93.7 Å². The zero-order chi connectivity index (χ0) is 60.2. The molecule has 1 aliphatic carbocycles. The van der Waals surface area contributed by atoms with E-state index < -0.39 is 41.1 Å². The molecule has 2 saturated heterocycles. The molecule has 4 atom stereocenters. The number of pyridine rings is 2. The van der Waals surface area contributed by atoms with Crippen LogP contribution in [0.1, 0.15) is 188 Å². The lowest BCUT2D eigenvalue weighted by atomic mass is 9.83. The number of rotatable bonds is 11. The molecule has 1 unspecified atom stereocenters. The predicted octanol–water partition coefficient (Wildman–Crippen LogP) is 11.7. The van der Waals surface area contributed by atoms with Gasteiger partial charge in [-0.3, -0.25) is 24.2 Å². The maximum Gasteiger partial charge on any atom is 0.415 e. The summed E-state index contributed by atoms with van der Waals surface area (Å²) < 4.78 is 25.2. The number of carbonyl (C=O) groups excluding carboxylic acids is 5. The summed E-state index contributed by atoms with van der Waals surface area (Å²) in [6.45, 7) is 21.4. The summed E-state index contributed by atoms with van der Waals surface area (Å²) in [5.41, 5.74) is 12.3. The summed E-state index contributed by atoms with van der Waals surface area (Å²) >= 11 is 0. The summed E-state index contributed by atoms with van der Waals surface area (Å²) in [5, 5.41) is 0.808. The van der Waals surface area contributed by atoms with Gasteiger partial charge in [0.15, 0.2) is 5.78 Å². The first-order valence-electron chi connectivity index (χ1n) is 30.6. The largest absolute Gasteiger partial charge is 0.468 e. The van der Waals surface area contributed by atoms with Gasteiger partial charge in [-0.2, -0.15) is 0 Å². The average molecular weight is 1160 g/mol. The SMILES string of the molecule is C=Cc1c(C)c2cc3nc(c4c5[nH]c(cc6nc(cc1[nH]2)C(C)=C6CC)c(C)c5C(=O)C4C(=O)OC)[C@@H](CCC(=O)O[C@]1(CC)C(=O)OCc2c1cc1n(c2=O)Cc2c-1nc1ccc(OC(=O)N4CCC(N5CCCCC5)CC4)cc1c2CC)[C@@H]3C. The second kappa shape index (κ2) is 21.8. The summed E-state index contributed by atoms with van der Waals surface area (Å²) in [5.74, 6) is -4.51. The van der Waals surface area contributed by atoms with Gasteiger partial charge >= 0.3 is 24.0 Å². The summed E-state index contributed by atoms with van der Waals surface area (Å²) in [6.07, 6.45) is 8.22. The number of amides is 1. The van der Waals surface area contributed by atoms with Crippen molar-refractivity contribution in [3.05, 3.63) is 132 Å². The number of methoxy groups -OCH3 is 1. The maximum absolute atomic E-state index is 14.8. The normalized spacial score (nSPS) is 20.9. The smallest absolute Gasteiger partial charge is 0.415 e. The van der Waals surface area contributed by atoms with Gasteiger partial charge in [0.1, 0.15) is 18.3 Å². The van der Waals surface area contributed by atoms with Crippen LogP contribution in [0.2, 0.25) is 0 Å². The van der Waals surface area contributed by atoms with E-state index in [1.807, 2.05) is 64.1 Å². The molecule has 86 heavy (non-hydrogen) atoms. The van der Waals surface area contributed by atoms with E-state index >= 15 is 0 Å². The molecule has 2 fully saturated rings. The molecule has 444 valence electrons. The number of nitrogens with zero attached hydrogens (tertiary/aromatic N) is 6. The number of nitrogens with one attached hydrogen (secondary N) is 2. The van der Waals surface area contributed by atoms with Gasteiger partial charge in [0.05, 0.1) is 58.7 Å². The molecule has 11 heterocycles. The monoisotopic (exact) mass is 1160 g/mol. The standard InChI is InChI=1S/C68H72N8O10/c1-10-40-34(5)49-29-51-36(7)43(61(72-51)58-59(65(80)83-9)63(78)57-37(8)52(73-62(57)58)31-54-41(11-2)35(6)50(70-54)30-53(40)69-49)18-20-56(77)86-68(13-4)47-28-55-60-45(32-76(55)64(79)46(47)33-84-66(68)81)42(12-3)44-27-39(17-19-48(44)71-60)85-67(82)75-25-21-38(22-26-75)74-23-15-14-16-24-74/h10,17,19,27-31,36,38,43,59,69,73H,1,11-16,18,20-26,32-33H2,2-9H3/t36-,43-,59?,68-/m0/s1. The van der Waals surface area contributed by atoms with Gasteiger partial charge in [0.25, 0.3) is 5.56 Å². The molecule has 7 aliphatic rings. The van der Waals surface area contributed by atoms with E-state index in [4.69, 9.17) is 33.9 Å². The third-order valence-corrected chi connectivity index (χ3v) is 19.8. The van der Waals surface area contributed by atoms with E-state index in [0.717, 1.165) is 87.1 Å². The van der Waals surface area contributed by atoms with Crippen LogP contribution in [0.25, 0.3) is 61.6 Å². The van der Waals surface area contributed by atoms with Gasteiger partial charge in [-0.05, 0) is 156 Å². The Kier molecular flexibility index (Phi) is 14.3. The Morgan fingerprint density at radius 2 is 1.62 bits per heavy atom. The minimum absolute atomic E-state index is 0.0411. The number of allylic oxidation sites excluding steroid dienone is 2. The van der Waals surface area contributed by atoms with Crippen molar-refractivity contribution in [1.29, 1.82) is 0 Å². The average Bonchev–Trinajstić information content (AvgIpc) is 1.73. The predicted molar refractivity (Wildman–Crippen MR) is 327 cm³/mol. The maximum atomic E-state index is 14.8.